The van der Waals surface area contributed by atoms with E-state index >= 15 is 0 Å². The van der Waals surface area contributed by atoms with Crippen LogP contribution in [0.3, 0.4) is 0 Å². The molecule has 5 heteroatoms. The fourth-order valence-electron chi connectivity index (χ4n) is 0.918. The highest BCUT2D eigenvalue weighted by atomic mass is 32.1. The van der Waals surface area contributed by atoms with E-state index in [2.05, 4.69) is 20.2 Å². The van der Waals surface area contributed by atoms with Gasteiger partial charge >= 0.3 is 0 Å². The van der Waals surface area contributed by atoms with Crippen molar-refractivity contribution in [2.45, 2.75) is 13.8 Å². The Morgan fingerprint density at radius 2 is 2.25 bits per heavy atom. The zero-order valence-corrected chi connectivity index (χ0v) is 7.64. The summed E-state index contributed by atoms with van der Waals surface area (Å²) in [6, 6.07) is 0. The van der Waals surface area contributed by atoms with Gasteiger partial charge in [0.25, 0.3) is 0 Å². The molecule has 2 rings (SSSR count). The van der Waals surface area contributed by atoms with Crippen molar-refractivity contribution in [3.8, 4) is 10.7 Å². The Morgan fingerprint density at radius 3 is 2.75 bits per heavy atom. The molecule has 4 nitrogen and oxygen atoms in total. The summed E-state index contributed by atoms with van der Waals surface area (Å²) < 4.78 is 0. The van der Waals surface area contributed by atoms with Crippen LogP contribution in [-0.2, 0) is 0 Å². The molecule has 62 valence electrons. The molecule has 0 bridgehead atoms. The maximum atomic E-state index is 4.20. The van der Waals surface area contributed by atoms with Crippen molar-refractivity contribution < 1.29 is 0 Å². The van der Waals surface area contributed by atoms with Gasteiger partial charge in [0.1, 0.15) is 5.82 Å². The molecular formula is C7H8N4S. The average Bonchev–Trinajstić information content (AvgIpc) is 2.58. The second kappa shape index (κ2) is 2.67. The summed E-state index contributed by atoms with van der Waals surface area (Å²) in [4.78, 5) is 9.34. The topological polar surface area (TPSA) is 54.5 Å². The molecule has 0 aliphatic carbocycles. The van der Waals surface area contributed by atoms with Crippen LogP contribution in [0.25, 0.3) is 10.7 Å². The first-order valence-electron chi connectivity index (χ1n) is 3.57. The van der Waals surface area contributed by atoms with Gasteiger partial charge in [-0.1, -0.05) is 0 Å². The van der Waals surface area contributed by atoms with Gasteiger partial charge in [0, 0.05) is 6.20 Å². The summed E-state index contributed by atoms with van der Waals surface area (Å²) in [5.41, 5.74) is 0. The van der Waals surface area contributed by atoms with Crippen molar-refractivity contribution >= 4 is 11.3 Å². The molecule has 0 spiro atoms. The predicted octanol–water partition coefficient (Wildman–Crippen LogP) is 1.55. The second-order valence-corrected chi connectivity index (χ2v) is 3.72. The van der Waals surface area contributed by atoms with Gasteiger partial charge in [-0.15, -0.1) is 11.3 Å². The Morgan fingerprint density at radius 1 is 1.42 bits per heavy atom. The first-order chi connectivity index (χ1) is 5.75. The van der Waals surface area contributed by atoms with Crippen LogP contribution in [0.2, 0.25) is 0 Å². The molecule has 2 aromatic rings. The standard InChI is InChI=1S/C7H8N4S/c1-4-9-7(11-10-4)6-3-8-5(2)12-6/h3H,1-2H3,(H,9,10,11). The van der Waals surface area contributed by atoms with Crippen LogP contribution in [0.1, 0.15) is 10.8 Å². The lowest BCUT2D eigenvalue weighted by Crippen LogP contribution is -1.73. The number of aromatic nitrogens is 4. The third-order valence-corrected chi connectivity index (χ3v) is 2.35. The minimum Gasteiger partial charge on any atom is -0.263 e. The van der Waals surface area contributed by atoms with Crippen molar-refractivity contribution in [1.82, 2.24) is 20.2 Å². The molecule has 0 atom stereocenters. The van der Waals surface area contributed by atoms with Gasteiger partial charge in [0.2, 0.25) is 0 Å². The molecule has 2 aromatic heterocycles. The van der Waals surface area contributed by atoms with Crippen LogP contribution in [-0.4, -0.2) is 20.2 Å². The molecule has 0 saturated heterocycles. The Labute approximate surface area is 73.7 Å². The normalized spacial score (nSPS) is 10.5. The Kier molecular flexibility index (Phi) is 1.65. The smallest absolute Gasteiger partial charge is 0.192 e. The van der Waals surface area contributed by atoms with Gasteiger partial charge in [-0.3, -0.25) is 5.10 Å². The van der Waals surface area contributed by atoms with E-state index in [1.165, 1.54) is 0 Å². The minimum atomic E-state index is 0.734. The molecular weight excluding hydrogens is 172 g/mol. The van der Waals surface area contributed by atoms with E-state index in [-0.39, 0.29) is 0 Å². The number of hydrogen-bond donors (Lipinski definition) is 1. The Bertz CT molecular complexity index is 351. The molecule has 0 radical (unpaired) electrons. The van der Waals surface area contributed by atoms with E-state index in [1.54, 1.807) is 17.5 Å². The Balaban J connectivity index is 2.43. The number of nitrogens with one attached hydrogen (secondary N) is 1. The molecule has 2 heterocycles. The van der Waals surface area contributed by atoms with Crippen molar-refractivity contribution in [3.63, 3.8) is 0 Å². The molecule has 0 amide bonds. The van der Waals surface area contributed by atoms with Crippen LogP contribution >= 0.6 is 11.3 Å². The fourth-order valence-corrected chi connectivity index (χ4v) is 1.63. The number of thiazole rings is 1. The van der Waals surface area contributed by atoms with Gasteiger partial charge in [-0.2, -0.15) is 5.10 Å². The van der Waals surface area contributed by atoms with Crippen molar-refractivity contribution in [3.05, 3.63) is 17.0 Å². The average molecular weight is 180 g/mol. The summed E-state index contributed by atoms with van der Waals surface area (Å²) in [7, 11) is 0. The van der Waals surface area contributed by atoms with Crippen molar-refractivity contribution in [2.75, 3.05) is 0 Å². The van der Waals surface area contributed by atoms with Gasteiger partial charge in [-0.25, -0.2) is 9.97 Å². The summed E-state index contributed by atoms with van der Waals surface area (Å²) in [5.74, 6) is 1.56. The van der Waals surface area contributed by atoms with Crippen LogP contribution in [0.4, 0.5) is 0 Å². The van der Waals surface area contributed by atoms with Crippen LogP contribution in [0, 0.1) is 13.8 Å². The number of hydrogen-bond acceptors (Lipinski definition) is 4. The van der Waals surface area contributed by atoms with Gasteiger partial charge in [-0.05, 0) is 13.8 Å². The quantitative estimate of drug-likeness (QED) is 0.724. The largest absolute Gasteiger partial charge is 0.263 e. The van der Waals surface area contributed by atoms with E-state index < -0.39 is 0 Å². The zero-order chi connectivity index (χ0) is 8.55. The predicted molar refractivity (Wildman–Crippen MR) is 47.0 cm³/mol. The van der Waals surface area contributed by atoms with Gasteiger partial charge in [0.05, 0.1) is 9.88 Å². The van der Waals surface area contributed by atoms with Crippen LogP contribution in [0.5, 0.6) is 0 Å². The van der Waals surface area contributed by atoms with Crippen LogP contribution < -0.4 is 0 Å². The highest BCUT2D eigenvalue weighted by Gasteiger charge is 2.05. The SMILES string of the molecule is Cc1nc(-c2cnc(C)s2)n[nH]1. The van der Waals surface area contributed by atoms with Gasteiger partial charge < -0.3 is 0 Å². The van der Waals surface area contributed by atoms with Crippen molar-refractivity contribution in [1.29, 1.82) is 0 Å². The highest BCUT2D eigenvalue weighted by molar-refractivity contribution is 7.14. The molecule has 0 fully saturated rings. The van der Waals surface area contributed by atoms with E-state index in [0.29, 0.717) is 0 Å². The van der Waals surface area contributed by atoms with Crippen molar-refractivity contribution in [2.24, 2.45) is 0 Å². The number of H-pyrrole nitrogens is 1. The summed E-state index contributed by atoms with van der Waals surface area (Å²) >= 11 is 1.60. The molecule has 0 unspecified atom stereocenters. The lowest BCUT2D eigenvalue weighted by Gasteiger charge is -1.81. The molecule has 0 aromatic carbocycles. The van der Waals surface area contributed by atoms with E-state index in [1.807, 2.05) is 13.8 Å². The first kappa shape index (κ1) is 7.42. The fraction of sp³-hybridized carbons (Fsp3) is 0.286. The van der Waals surface area contributed by atoms with E-state index in [4.69, 9.17) is 0 Å². The third-order valence-electron chi connectivity index (χ3n) is 1.44. The Hall–Kier alpha value is -1.23. The molecule has 0 aliphatic heterocycles. The zero-order valence-electron chi connectivity index (χ0n) is 6.83. The monoisotopic (exact) mass is 180 g/mol. The lowest BCUT2D eigenvalue weighted by molar-refractivity contribution is 1.04. The van der Waals surface area contributed by atoms with Gasteiger partial charge in [0.15, 0.2) is 5.82 Å². The number of aryl methyl sites for hydroxylation is 2. The summed E-state index contributed by atoms with van der Waals surface area (Å²) in [6.07, 6.45) is 1.79. The lowest BCUT2D eigenvalue weighted by atomic mass is 10.5. The summed E-state index contributed by atoms with van der Waals surface area (Å²) in [6.45, 7) is 3.85. The van der Waals surface area contributed by atoms with Crippen LogP contribution in [0.15, 0.2) is 6.20 Å². The maximum Gasteiger partial charge on any atom is 0.192 e. The number of nitrogens with zero attached hydrogens (tertiary/aromatic N) is 3. The highest BCUT2D eigenvalue weighted by Crippen LogP contribution is 2.21. The first-order valence-corrected chi connectivity index (χ1v) is 4.39. The molecule has 0 saturated carbocycles. The van der Waals surface area contributed by atoms with E-state index in [0.717, 1.165) is 21.5 Å². The second-order valence-electron chi connectivity index (χ2n) is 2.49. The minimum absolute atomic E-state index is 0.734. The van der Waals surface area contributed by atoms with E-state index in [9.17, 15) is 0 Å². The third kappa shape index (κ3) is 1.23. The molecule has 12 heavy (non-hydrogen) atoms. The maximum absolute atomic E-state index is 4.20. The molecule has 1 N–H and O–H groups in total. The summed E-state index contributed by atoms with van der Waals surface area (Å²) in [5, 5.41) is 7.86. The molecule has 0 aliphatic rings. The number of aromatic amines is 1. The number of rotatable bonds is 1.